The van der Waals surface area contributed by atoms with Crippen molar-refractivity contribution in [2.24, 2.45) is 18.4 Å². The molecule has 0 aliphatic heterocycles. The number of halogens is 1. The van der Waals surface area contributed by atoms with Crippen molar-refractivity contribution in [1.82, 2.24) is 15.1 Å². The number of rotatable bonds is 2. The van der Waals surface area contributed by atoms with Crippen molar-refractivity contribution in [2.75, 3.05) is 0 Å². The minimum Gasteiger partial charge on any atom is -0.348 e. The maximum Gasteiger partial charge on any atom is 0.273 e. The van der Waals surface area contributed by atoms with Crippen LogP contribution in [0.25, 0.3) is 0 Å². The van der Waals surface area contributed by atoms with E-state index in [2.05, 4.69) is 53.8 Å². The molecule has 0 atom stereocenters. The molecule has 5 heteroatoms. The zero-order valence-corrected chi connectivity index (χ0v) is 14.9. The van der Waals surface area contributed by atoms with Gasteiger partial charge in [0, 0.05) is 19.3 Å². The number of amides is 1. The monoisotopic (exact) mass is 389 g/mol. The van der Waals surface area contributed by atoms with Crippen LogP contribution in [0, 0.1) is 14.9 Å². The lowest BCUT2D eigenvalue weighted by atomic mass is 9.71. The van der Waals surface area contributed by atoms with E-state index in [9.17, 15) is 4.79 Å². The number of carbonyl (C=O) groups excluding carboxylic acids is 1. The summed E-state index contributed by atoms with van der Waals surface area (Å²) in [5.41, 5.74) is 0.928. The van der Waals surface area contributed by atoms with E-state index < -0.39 is 0 Å². The average molecular weight is 389 g/mol. The molecule has 1 saturated carbocycles. The summed E-state index contributed by atoms with van der Waals surface area (Å²) >= 11 is 2.16. The Hall–Kier alpha value is -0.590. The lowest BCUT2D eigenvalue weighted by Crippen LogP contribution is -2.39. The minimum atomic E-state index is -0.0331. The molecular formula is C15H24IN3O. The first-order valence-corrected chi connectivity index (χ1v) is 8.35. The summed E-state index contributed by atoms with van der Waals surface area (Å²) in [5.74, 6) is 0.736. The maximum atomic E-state index is 12.2. The van der Waals surface area contributed by atoms with Crippen molar-refractivity contribution < 1.29 is 4.79 Å². The number of aromatic nitrogens is 2. The van der Waals surface area contributed by atoms with Crippen molar-refractivity contribution in [2.45, 2.75) is 52.5 Å². The molecular weight excluding hydrogens is 365 g/mol. The van der Waals surface area contributed by atoms with E-state index in [1.165, 1.54) is 12.8 Å². The van der Waals surface area contributed by atoms with E-state index in [0.29, 0.717) is 17.2 Å². The van der Waals surface area contributed by atoms with E-state index in [-0.39, 0.29) is 5.91 Å². The summed E-state index contributed by atoms with van der Waals surface area (Å²) < 4.78 is 2.60. The molecule has 0 aromatic carbocycles. The van der Waals surface area contributed by atoms with Gasteiger partial charge in [-0.3, -0.25) is 9.48 Å². The number of nitrogens with one attached hydrogen (secondary N) is 1. The maximum absolute atomic E-state index is 12.2. The second-order valence-electron chi connectivity index (χ2n) is 6.89. The van der Waals surface area contributed by atoms with Gasteiger partial charge < -0.3 is 5.32 Å². The first-order valence-electron chi connectivity index (χ1n) is 7.27. The van der Waals surface area contributed by atoms with Crippen LogP contribution in [0.15, 0.2) is 6.20 Å². The molecule has 4 nitrogen and oxygen atoms in total. The third-order valence-corrected chi connectivity index (χ3v) is 5.08. The highest BCUT2D eigenvalue weighted by molar-refractivity contribution is 14.1. The number of hydrogen-bond acceptors (Lipinski definition) is 2. The number of carbonyl (C=O) groups is 1. The highest BCUT2D eigenvalue weighted by Gasteiger charge is 2.30. The van der Waals surface area contributed by atoms with Gasteiger partial charge in [0.2, 0.25) is 0 Å². The molecule has 1 N–H and O–H groups in total. The molecule has 1 aromatic rings. The van der Waals surface area contributed by atoms with Crippen LogP contribution in [0.5, 0.6) is 0 Å². The predicted octanol–water partition coefficient (Wildman–Crippen LogP) is 3.36. The predicted molar refractivity (Wildman–Crippen MR) is 88.6 cm³/mol. The molecule has 1 aliphatic rings. The van der Waals surface area contributed by atoms with Crippen molar-refractivity contribution in [3.05, 3.63) is 15.5 Å². The SMILES string of the molecule is Cn1cc(I)c(C(=O)NC2CCC(C(C)(C)C)CC2)n1. The fraction of sp³-hybridized carbons (Fsp3) is 0.733. The fourth-order valence-corrected chi connectivity index (χ4v) is 3.73. The van der Waals surface area contributed by atoms with Crippen LogP contribution in [-0.4, -0.2) is 21.7 Å². The topological polar surface area (TPSA) is 46.9 Å². The number of nitrogens with zero attached hydrogens (tertiary/aromatic N) is 2. The first-order chi connectivity index (χ1) is 9.27. The fourth-order valence-electron chi connectivity index (χ4n) is 2.97. The summed E-state index contributed by atoms with van der Waals surface area (Å²) in [6.45, 7) is 6.94. The van der Waals surface area contributed by atoms with Crippen LogP contribution in [0.1, 0.15) is 56.9 Å². The Kier molecular flexibility index (Phi) is 4.76. The van der Waals surface area contributed by atoms with Gasteiger partial charge >= 0.3 is 0 Å². The van der Waals surface area contributed by atoms with E-state index in [0.717, 1.165) is 22.3 Å². The highest BCUT2D eigenvalue weighted by atomic mass is 127. The summed E-state index contributed by atoms with van der Waals surface area (Å²) in [6.07, 6.45) is 6.43. The van der Waals surface area contributed by atoms with E-state index in [1.54, 1.807) is 4.68 Å². The van der Waals surface area contributed by atoms with Gasteiger partial charge in [-0.25, -0.2) is 0 Å². The van der Waals surface area contributed by atoms with E-state index in [1.807, 2.05) is 13.2 Å². The van der Waals surface area contributed by atoms with Crippen LogP contribution in [-0.2, 0) is 7.05 Å². The zero-order valence-electron chi connectivity index (χ0n) is 12.7. The molecule has 1 amide bonds. The molecule has 0 bridgehead atoms. The molecule has 1 aliphatic carbocycles. The smallest absolute Gasteiger partial charge is 0.273 e. The van der Waals surface area contributed by atoms with Crippen molar-refractivity contribution >= 4 is 28.5 Å². The van der Waals surface area contributed by atoms with Gasteiger partial charge in [0.15, 0.2) is 5.69 Å². The van der Waals surface area contributed by atoms with Gasteiger partial charge in [-0.1, -0.05) is 20.8 Å². The molecule has 1 aromatic heterocycles. The molecule has 1 fully saturated rings. The zero-order chi connectivity index (χ0) is 14.9. The third kappa shape index (κ3) is 3.74. The summed E-state index contributed by atoms with van der Waals surface area (Å²) in [5, 5.41) is 7.37. The number of hydrogen-bond donors (Lipinski definition) is 1. The molecule has 20 heavy (non-hydrogen) atoms. The van der Waals surface area contributed by atoms with E-state index in [4.69, 9.17) is 0 Å². The van der Waals surface area contributed by atoms with Crippen molar-refractivity contribution in [3.8, 4) is 0 Å². The molecule has 0 radical (unpaired) electrons. The second-order valence-corrected chi connectivity index (χ2v) is 8.05. The quantitative estimate of drug-likeness (QED) is 0.789. The number of aryl methyl sites for hydroxylation is 1. The third-order valence-electron chi connectivity index (χ3n) is 4.29. The Morgan fingerprint density at radius 1 is 1.35 bits per heavy atom. The molecule has 0 spiro atoms. The van der Waals surface area contributed by atoms with Crippen LogP contribution in [0.2, 0.25) is 0 Å². The van der Waals surface area contributed by atoms with Crippen LogP contribution >= 0.6 is 22.6 Å². The van der Waals surface area contributed by atoms with Gasteiger partial charge in [-0.05, 0) is 59.6 Å². The van der Waals surface area contributed by atoms with Gasteiger partial charge in [0.05, 0.1) is 3.57 Å². The minimum absolute atomic E-state index is 0.0331. The Bertz CT molecular complexity index is 482. The average Bonchev–Trinajstić information content (AvgIpc) is 2.68. The van der Waals surface area contributed by atoms with Gasteiger partial charge in [-0.15, -0.1) is 0 Å². The Balaban J connectivity index is 1.90. The summed E-state index contributed by atoms with van der Waals surface area (Å²) in [4.78, 5) is 12.2. The van der Waals surface area contributed by atoms with Crippen molar-refractivity contribution in [1.29, 1.82) is 0 Å². The largest absolute Gasteiger partial charge is 0.348 e. The van der Waals surface area contributed by atoms with Crippen LogP contribution < -0.4 is 5.32 Å². The van der Waals surface area contributed by atoms with E-state index >= 15 is 0 Å². The molecule has 2 rings (SSSR count). The normalized spacial score (nSPS) is 23.6. The lowest BCUT2D eigenvalue weighted by Gasteiger charge is -2.37. The van der Waals surface area contributed by atoms with Crippen LogP contribution in [0.3, 0.4) is 0 Å². The molecule has 1 heterocycles. The van der Waals surface area contributed by atoms with Gasteiger partial charge in [-0.2, -0.15) is 5.10 Å². The molecule has 0 saturated heterocycles. The van der Waals surface area contributed by atoms with Crippen molar-refractivity contribution in [3.63, 3.8) is 0 Å². The Morgan fingerprint density at radius 3 is 2.40 bits per heavy atom. The standard InChI is InChI=1S/C15H24IN3O/c1-15(2,3)10-5-7-11(8-6-10)17-14(20)13-12(16)9-19(4)18-13/h9-11H,5-8H2,1-4H3,(H,17,20). The van der Waals surface area contributed by atoms with Gasteiger partial charge in [0.1, 0.15) is 0 Å². The lowest BCUT2D eigenvalue weighted by molar-refractivity contribution is 0.0897. The summed E-state index contributed by atoms with van der Waals surface area (Å²) in [7, 11) is 1.84. The van der Waals surface area contributed by atoms with Crippen LogP contribution in [0.4, 0.5) is 0 Å². The Labute approximate surface area is 134 Å². The van der Waals surface area contributed by atoms with Gasteiger partial charge in [0.25, 0.3) is 5.91 Å². The molecule has 112 valence electrons. The first kappa shape index (κ1) is 15.8. The highest BCUT2D eigenvalue weighted by Crippen LogP contribution is 2.37. The molecule has 0 unspecified atom stereocenters. The summed E-state index contributed by atoms with van der Waals surface area (Å²) in [6, 6.07) is 0.305. The Morgan fingerprint density at radius 2 is 1.95 bits per heavy atom. The second kappa shape index (κ2) is 6.03.